The van der Waals surface area contributed by atoms with E-state index in [0.717, 1.165) is 10.9 Å². The topological polar surface area (TPSA) is 9.23 Å². The van der Waals surface area contributed by atoms with Crippen LogP contribution in [0.5, 0.6) is 5.75 Å². The molecule has 4 heteroatoms. The van der Waals surface area contributed by atoms with E-state index in [-0.39, 0.29) is 11.9 Å². The highest BCUT2D eigenvalue weighted by atomic mass is 35.5. The molecule has 0 saturated heterocycles. The van der Waals surface area contributed by atoms with Gasteiger partial charge in [0.25, 0.3) is 0 Å². The summed E-state index contributed by atoms with van der Waals surface area (Å²) < 4.78 is 20.5. The predicted molar refractivity (Wildman–Crippen MR) is 86.9 cm³/mol. The van der Waals surface area contributed by atoms with Gasteiger partial charge in [-0.1, -0.05) is 30.3 Å². The molecule has 0 aliphatic heterocycles. The van der Waals surface area contributed by atoms with Crippen molar-refractivity contribution in [3.63, 3.8) is 0 Å². The zero-order chi connectivity index (χ0) is 14.7. The van der Waals surface area contributed by atoms with E-state index >= 15 is 0 Å². The third kappa shape index (κ3) is 3.04. The van der Waals surface area contributed by atoms with Crippen LogP contribution in [-0.2, 0) is 0 Å². The van der Waals surface area contributed by atoms with E-state index in [1.165, 1.54) is 17.4 Å². The molecule has 0 saturated carbocycles. The van der Waals surface area contributed by atoms with Gasteiger partial charge < -0.3 is 4.74 Å². The quantitative estimate of drug-likeness (QED) is 0.541. The molecule has 0 amide bonds. The Morgan fingerprint density at radius 1 is 1.10 bits per heavy atom. The Labute approximate surface area is 131 Å². The van der Waals surface area contributed by atoms with Crippen LogP contribution in [0.25, 0.3) is 10.1 Å². The zero-order valence-corrected chi connectivity index (χ0v) is 12.8. The third-order valence-corrected chi connectivity index (χ3v) is 4.48. The first kappa shape index (κ1) is 14.4. The summed E-state index contributed by atoms with van der Waals surface area (Å²) in [5, 5.41) is 2.69. The van der Waals surface area contributed by atoms with E-state index < -0.39 is 0 Å². The summed E-state index contributed by atoms with van der Waals surface area (Å²) in [7, 11) is 0. The first-order valence-electron chi connectivity index (χ1n) is 6.73. The van der Waals surface area contributed by atoms with Crippen LogP contribution in [0, 0.1) is 5.82 Å². The van der Waals surface area contributed by atoms with Gasteiger partial charge in [-0.05, 0) is 29.1 Å². The van der Waals surface area contributed by atoms with Crippen molar-refractivity contribution in [2.24, 2.45) is 0 Å². The lowest BCUT2D eigenvalue weighted by Gasteiger charge is -2.19. The van der Waals surface area contributed by atoms with Crippen molar-refractivity contribution in [3.05, 3.63) is 65.3 Å². The van der Waals surface area contributed by atoms with Gasteiger partial charge in [0.15, 0.2) is 0 Å². The summed E-state index contributed by atoms with van der Waals surface area (Å²) in [4.78, 5) is 0. The van der Waals surface area contributed by atoms with Crippen LogP contribution in [0.4, 0.5) is 4.39 Å². The first-order valence-corrected chi connectivity index (χ1v) is 8.14. The van der Waals surface area contributed by atoms with Crippen molar-refractivity contribution in [1.29, 1.82) is 0 Å². The normalized spacial score (nSPS) is 12.5. The Kier molecular flexibility index (Phi) is 4.42. The van der Waals surface area contributed by atoms with Gasteiger partial charge in [-0.25, -0.2) is 4.39 Å². The second-order valence-corrected chi connectivity index (χ2v) is 6.00. The molecule has 0 radical (unpaired) electrons. The van der Waals surface area contributed by atoms with Crippen molar-refractivity contribution in [2.45, 2.75) is 12.5 Å². The SMILES string of the molecule is Fc1ccc(O[C@@H](CCCl)c2ccccc2)c2ccsc12. The second kappa shape index (κ2) is 6.46. The minimum atomic E-state index is -0.207. The molecule has 0 unspecified atom stereocenters. The standard InChI is InChI=1S/C17H14ClFOS/c18-10-8-15(12-4-2-1-3-5-12)20-16-7-6-14(19)17-13(16)9-11-21-17/h1-7,9,11,15H,8,10H2/t15-/m0/s1. The fourth-order valence-electron chi connectivity index (χ4n) is 2.32. The van der Waals surface area contributed by atoms with Gasteiger partial charge in [0.2, 0.25) is 0 Å². The smallest absolute Gasteiger partial charge is 0.141 e. The third-order valence-electron chi connectivity index (χ3n) is 3.34. The van der Waals surface area contributed by atoms with Crippen molar-refractivity contribution in [2.75, 3.05) is 5.88 Å². The number of ether oxygens (including phenoxy) is 1. The average Bonchev–Trinajstić information content (AvgIpc) is 3.01. The summed E-state index contributed by atoms with van der Waals surface area (Å²) in [5.41, 5.74) is 1.07. The number of halogens is 2. The Balaban J connectivity index is 1.95. The molecule has 0 bridgehead atoms. The largest absolute Gasteiger partial charge is 0.485 e. The molecule has 2 aromatic carbocycles. The Hall–Kier alpha value is -1.58. The van der Waals surface area contributed by atoms with E-state index in [9.17, 15) is 4.39 Å². The Bertz CT molecular complexity index is 726. The highest BCUT2D eigenvalue weighted by molar-refractivity contribution is 7.17. The monoisotopic (exact) mass is 320 g/mol. The van der Waals surface area contributed by atoms with E-state index in [0.29, 0.717) is 22.8 Å². The van der Waals surface area contributed by atoms with Crippen LogP contribution >= 0.6 is 22.9 Å². The fraction of sp³-hybridized carbons (Fsp3) is 0.176. The van der Waals surface area contributed by atoms with Crippen LogP contribution in [0.2, 0.25) is 0 Å². The van der Waals surface area contributed by atoms with Crippen LogP contribution in [-0.4, -0.2) is 5.88 Å². The Morgan fingerprint density at radius 2 is 1.90 bits per heavy atom. The lowest BCUT2D eigenvalue weighted by atomic mass is 10.1. The molecule has 0 spiro atoms. The maximum absolute atomic E-state index is 13.7. The molecule has 1 heterocycles. The molecular weight excluding hydrogens is 307 g/mol. The molecule has 1 atom stereocenters. The number of fused-ring (bicyclic) bond motifs is 1. The lowest BCUT2D eigenvalue weighted by molar-refractivity contribution is 0.205. The summed E-state index contributed by atoms with van der Waals surface area (Å²) in [6.07, 6.45) is 0.575. The number of rotatable bonds is 5. The molecule has 108 valence electrons. The predicted octanol–water partition coefficient (Wildman–Crippen LogP) is 5.79. The van der Waals surface area contributed by atoms with Gasteiger partial charge in [0.05, 0.1) is 4.70 Å². The average molecular weight is 321 g/mol. The van der Waals surface area contributed by atoms with Gasteiger partial charge in [-0.3, -0.25) is 0 Å². The van der Waals surface area contributed by atoms with Gasteiger partial charge >= 0.3 is 0 Å². The molecule has 1 nitrogen and oxygen atoms in total. The molecular formula is C17H14ClFOS. The molecule has 0 N–H and O–H groups in total. The minimum Gasteiger partial charge on any atom is -0.485 e. The minimum absolute atomic E-state index is 0.128. The highest BCUT2D eigenvalue weighted by Crippen LogP contribution is 2.35. The molecule has 0 fully saturated rings. The van der Waals surface area contributed by atoms with Gasteiger partial charge in [-0.2, -0.15) is 0 Å². The molecule has 21 heavy (non-hydrogen) atoms. The molecule has 1 aromatic heterocycles. The lowest BCUT2D eigenvalue weighted by Crippen LogP contribution is -2.08. The first-order chi connectivity index (χ1) is 10.3. The Morgan fingerprint density at radius 3 is 2.67 bits per heavy atom. The highest BCUT2D eigenvalue weighted by Gasteiger charge is 2.15. The van der Waals surface area contributed by atoms with E-state index in [2.05, 4.69) is 0 Å². The van der Waals surface area contributed by atoms with Crippen LogP contribution in [0.3, 0.4) is 0 Å². The maximum Gasteiger partial charge on any atom is 0.141 e. The molecule has 3 aromatic rings. The van der Waals surface area contributed by atoms with Crippen LogP contribution in [0.1, 0.15) is 18.1 Å². The van der Waals surface area contributed by atoms with E-state index in [4.69, 9.17) is 16.3 Å². The zero-order valence-electron chi connectivity index (χ0n) is 11.3. The summed E-state index contributed by atoms with van der Waals surface area (Å²) >= 11 is 7.28. The summed E-state index contributed by atoms with van der Waals surface area (Å²) in [5.74, 6) is 1.00. The van der Waals surface area contributed by atoms with Crippen molar-refractivity contribution >= 4 is 33.0 Å². The van der Waals surface area contributed by atoms with Gasteiger partial charge in [0, 0.05) is 17.7 Å². The van der Waals surface area contributed by atoms with E-state index in [1.54, 1.807) is 6.07 Å². The molecule has 0 aliphatic rings. The van der Waals surface area contributed by atoms with Gasteiger partial charge in [0.1, 0.15) is 17.7 Å². The second-order valence-electron chi connectivity index (χ2n) is 4.70. The van der Waals surface area contributed by atoms with Gasteiger partial charge in [-0.15, -0.1) is 22.9 Å². The number of alkyl halides is 1. The number of thiophene rings is 1. The summed E-state index contributed by atoms with van der Waals surface area (Å²) in [6, 6.07) is 15.0. The van der Waals surface area contributed by atoms with Crippen molar-refractivity contribution in [3.8, 4) is 5.75 Å². The number of hydrogen-bond donors (Lipinski definition) is 0. The number of hydrogen-bond acceptors (Lipinski definition) is 2. The van der Waals surface area contributed by atoms with E-state index in [1.807, 2.05) is 41.8 Å². The molecule has 3 rings (SSSR count). The van der Waals surface area contributed by atoms with Crippen LogP contribution < -0.4 is 4.74 Å². The van der Waals surface area contributed by atoms with Crippen molar-refractivity contribution < 1.29 is 9.13 Å². The van der Waals surface area contributed by atoms with Crippen LogP contribution in [0.15, 0.2) is 53.9 Å². The molecule has 0 aliphatic carbocycles. The van der Waals surface area contributed by atoms with Crippen molar-refractivity contribution in [1.82, 2.24) is 0 Å². The number of benzene rings is 2. The fourth-order valence-corrected chi connectivity index (χ4v) is 3.33. The maximum atomic E-state index is 13.7. The summed E-state index contributed by atoms with van der Waals surface area (Å²) in [6.45, 7) is 0.